The summed E-state index contributed by atoms with van der Waals surface area (Å²) in [5.74, 6) is 0. The van der Waals surface area contributed by atoms with E-state index in [0.717, 1.165) is 13.1 Å². The van der Waals surface area contributed by atoms with Crippen LogP contribution in [0.25, 0.3) is 0 Å². The van der Waals surface area contributed by atoms with Crippen LogP contribution in [0.15, 0.2) is 12.8 Å². The van der Waals surface area contributed by atoms with Crippen LogP contribution in [-0.4, -0.2) is 19.1 Å². The van der Waals surface area contributed by atoms with Crippen LogP contribution in [0.5, 0.6) is 0 Å². The average Bonchev–Trinajstić information content (AvgIpc) is 1.91. The molecular formula is C7H14N2. The summed E-state index contributed by atoms with van der Waals surface area (Å²) in [6, 6.07) is 0.670. The quantitative estimate of drug-likeness (QED) is 0.562. The molecule has 0 atom stereocenters. The summed E-state index contributed by atoms with van der Waals surface area (Å²) in [7, 11) is 0. The zero-order valence-electron chi connectivity index (χ0n) is 5.69. The Labute approximate surface area is 56.3 Å². The zero-order valence-corrected chi connectivity index (χ0v) is 5.69. The number of piperidine rings is 1. The van der Waals surface area contributed by atoms with E-state index in [1.165, 1.54) is 12.8 Å². The minimum absolute atomic E-state index is 0.670. The minimum atomic E-state index is 0.670. The number of hydrogen-bond acceptors (Lipinski definition) is 2. The van der Waals surface area contributed by atoms with Crippen molar-refractivity contribution >= 4 is 0 Å². The lowest BCUT2D eigenvalue weighted by atomic mass is 10.1. The predicted octanol–water partition coefficient (Wildman–Crippen LogP) is 0.471. The molecule has 1 saturated heterocycles. The van der Waals surface area contributed by atoms with Gasteiger partial charge in [0.2, 0.25) is 0 Å². The molecular weight excluding hydrogens is 112 g/mol. The van der Waals surface area contributed by atoms with Crippen molar-refractivity contribution in [3.8, 4) is 0 Å². The molecule has 0 aliphatic carbocycles. The molecule has 0 unspecified atom stereocenters. The van der Waals surface area contributed by atoms with E-state index in [0.29, 0.717) is 6.04 Å². The van der Waals surface area contributed by atoms with E-state index >= 15 is 0 Å². The van der Waals surface area contributed by atoms with Gasteiger partial charge in [0.25, 0.3) is 0 Å². The van der Waals surface area contributed by atoms with Crippen LogP contribution in [0, 0.1) is 0 Å². The van der Waals surface area contributed by atoms with Gasteiger partial charge in [-0.1, -0.05) is 6.58 Å². The lowest BCUT2D eigenvalue weighted by Crippen LogP contribution is -2.37. The van der Waals surface area contributed by atoms with E-state index < -0.39 is 0 Å². The standard InChI is InChI=1S/C7H14N2/c1-2-9-7-3-5-8-6-4-7/h2,7-9H,1,3-6H2. The molecule has 1 heterocycles. The highest BCUT2D eigenvalue weighted by Gasteiger charge is 2.09. The molecule has 0 saturated carbocycles. The SMILES string of the molecule is C=CNC1CCNCC1. The molecule has 0 aromatic rings. The van der Waals surface area contributed by atoms with Crippen LogP contribution in [0.1, 0.15) is 12.8 Å². The fourth-order valence-electron chi connectivity index (χ4n) is 1.16. The maximum Gasteiger partial charge on any atom is 0.0279 e. The smallest absolute Gasteiger partial charge is 0.0279 e. The topological polar surface area (TPSA) is 24.1 Å². The lowest BCUT2D eigenvalue weighted by molar-refractivity contribution is 0.420. The van der Waals surface area contributed by atoms with Gasteiger partial charge in [0, 0.05) is 6.04 Å². The summed E-state index contributed by atoms with van der Waals surface area (Å²) in [4.78, 5) is 0. The Bertz CT molecular complexity index is 84.9. The van der Waals surface area contributed by atoms with Gasteiger partial charge >= 0.3 is 0 Å². The van der Waals surface area contributed by atoms with E-state index in [1.807, 2.05) is 0 Å². The van der Waals surface area contributed by atoms with E-state index in [4.69, 9.17) is 0 Å². The fourth-order valence-corrected chi connectivity index (χ4v) is 1.16. The first kappa shape index (κ1) is 6.62. The average molecular weight is 126 g/mol. The fraction of sp³-hybridized carbons (Fsp3) is 0.714. The third-order valence-corrected chi connectivity index (χ3v) is 1.69. The molecule has 0 spiro atoms. The molecule has 1 aliphatic rings. The third-order valence-electron chi connectivity index (χ3n) is 1.69. The van der Waals surface area contributed by atoms with Gasteiger partial charge < -0.3 is 10.6 Å². The molecule has 2 nitrogen and oxygen atoms in total. The number of nitrogens with one attached hydrogen (secondary N) is 2. The highest BCUT2D eigenvalue weighted by Crippen LogP contribution is 2.00. The first-order valence-corrected chi connectivity index (χ1v) is 3.51. The van der Waals surface area contributed by atoms with Gasteiger partial charge in [-0.25, -0.2) is 0 Å². The molecule has 52 valence electrons. The van der Waals surface area contributed by atoms with Crippen LogP contribution in [0.4, 0.5) is 0 Å². The maximum atomic E-state index is 3.62. The Morgan fingerprint density at radius 1 is 1.44 bits per heavy atom. The van der Waals surface area contributed by atoms with Crippen molar-refractivity contribution in [1.82, 2.24) is 10.6 Å². The maximum absolute atomic E-state index is 3.62. The van der Waals surface area contributed by atoms with Crippen molar-refractivity contribution in [2.45, 2.75) is 18.9 Å². The molecule has 1 fully saturated rings. The highest BCUT2D eigenvalue weighted by atomic mass is 14.9. The molecule has 0 bridgehead atoms. The molecule has 9 heavy (non-hydrogen) atoms. The molecule has 2 heteroatoms. The van der Waals surface area contributed by atoms with Gasteiger partial charge in [-0.15, -0.1) is 0 Å². The first-order valence-electron chi connectivity index (χ1n) is 3.51. The zero-order chi connectivity index (χ0) is 6.53. The summed E-state index contributed by atoms with van der Waals surface area (Å²) in [6.45, 7) is 5.91. The number of rotatable bonds is 2. The molecule has 0 radical (unpaired) electrons. The Hall–Kier alpha value is -0.500. The molecule has 0 amide bonds. The van der Waals surface area contributed by atoms with Gasteiger partial charge in [-0.3, -0.25) is 0 Å². The van der Waals surface area contributed by atoms with E-state index in [-0.39, 0.29) is 0 Å². The van der Waals surface area contributed by atoms with Gasteiger partial charge in [-0.2, -0.15) is 0 Å². The van der Waals surface area contributed by atoms with Crippen molar-refractivity contribution in [3.05, 3.63) is 12.8 Å². The highest BCUT2D eigenvalue weighted by molar-refractivity contribution is 4.78. The Balaban J connectivity index is 2.15. The van der Waals surface area contributed by atoms with Crippen molar-refractivity contribution in [2.24, 2.45) is 0 Å². The van der Waals surface area contributed by atoms with Crippen LogP contribution in [0.2, 0.25) is 0 Å². The van der Waals surface area contributed by atoms with Crippen molar-refractivity contribution in [2.75, 3.05) is 13.1 Å². The van der Waals surface area contributed by atoms with Crippen molar-refractivity contribution < 1.29 is 0 Å². The van der Waals surface area contributed by atoms with Crippen LogP contribution in [0.3, 0.4) is 0 Å². The minimum Gasteiger partial charge on any atom is -0.389 e. The van der Waals surface area contributed by atoms with Crippen molar-refractivity contribution in [1.29, 1.82) is 0 Å². The molecule has 1 aliphatic heterocycles. The van der Waals surface area contributed by atoms with Crippen LogP contribution < -0.4 is 10.6 Å². The van der Waals surface area contributed by atoms with Gasteiger partial charge in [0.1, 0.15) is 0 Å². The molecule has 2 N–H and O–H groups in total. The molecule has 1 rings (SSSR count). The second kappa shape index (κ2) is 3.51. The Morgan fingerprint density at radius 3 is 2.67 bits per heavy atom. The summed E-state index contributed by atoms with van der Waals surface area (Å²) < 4.78 is 0. The second-order valence-corrected chi connectivity index (χ2v) is 2.40. The van der Waals surface area contributed by atoms with Crippen LogP contribution in [-0.2, 0) is 0 Å². The van der Waals surface area contributed by atoms with E-state index in [1.54, 1.807) is 6.20 Å². The normalized spacial score (nSPS) is 21.3. The Morgan fingerprint density at radius 2 is 2.11 bits per heavy atom. The van der Waals surface area contributed by atoms with Crippen LogP contribution >= 0.6 is 0 Å². The monoisotopic (exact) mass is 126 g/mol. The predicted molar refractivity (Wildman–Crippen MR) is 39.2 cm³/mol. The first-order chi connectivity index (χ1) is 4.43. The summed E-state index contributed by atoms with van der Waals surface area (Å²) in [5, 5.41) is 6.51. The second-order valence-electron chi connectivity index (χ2n) is 2.40. The Kier molecular flexibility index (Phi) is 2.58. The van der Waals surface area contributed by atoms with Gasteiger partial charge in [0.15, 0.2) is 0 Å². The summed E-state index contributed by atoms with van der Waals surface area (Å²) in [6.07, 6.45) is 4.24. The molecule has 0 aromatic heterocycles. The number of hydrogen-bond donors (Lipinski definition) is 2. The van der Waals surface area contributed by atoms with Gasteiger partial charge in [0.05, 0.1) is 0 Å². The largest absolute Gasteiger partial charge is 0.389 e. The van der Waals surface area contributed by atoms with E-state index in [2.05, 4.69) is 17.2 Å². The van der Waals surface area contributed by atoms with E-state index in [9.17, 15) is 0 Å². The summed E-state index contributed by atoms with van der Waals surface area (Å²) >= 11 is 0. The third kappa shape index (κ3) is 2.06. The summed E-state index contributed by atoms with van der Waals surface area (Å²) in [5.41, 5.74) is 0. The molecule has 0 aromatic carbocycles. The van der Waals surface area contributed by atoms with Crippen molar-refractivity contribution in [3.63, 3.8) is 0 Å². The van der Waals surface area contributed by atoms with Gasteiger partial charge in [-0.05, 0) is 32.1 Å². The lowest BCUT2D eigenvalue weighted by Gasteiger charge is -2.22.